The number of aromatic nitrogens is 4. The van der Waals surface area contributed by atoms with Crippen LogP contribution in [0.15, 0.2) is 42.9 Å². The van der Waals surface area contributed by atoms with Gasteiger partial charge < -0.3 is 15.8 Å². The number of primary amides is 1. The number of ether oxygens (including phenoxy) is 1. The number of aryl methyl sites for hydroxylation is 1. The first-order valence-electron chi connectivity index (χ1n) is 10.4. The van der Waals surface area contributed by atoms with Gasteiger partial charge in [-0.15, -0.1) is 0 Å². The standard InChI is InChI=1S/C22H25N7O2/c1-28-11-16(9-25-28)26-22-24-6-4-20(27-22)14-2-3-18-15(8-14)10-29(17-12-31-13-17)7-5-19(18)21(23)30/h2-4,6,8-9,11,17,19H,5,7,10,12-13H2,1H3,(H2,23,30)(H,24,26,27). The fourth-order valence-corrected chi connectivity index (χ4v) is 4.23. The van der Waals surface area contributed by atoms with Crippen molar-refractivity contribution in [2.75, 3.05) is 25.1 Å². The fourth-order valence-electron chi connectivity index (χ4n) is 4.23. The van der Waals surface area contributed by atoms with Crippen molar-refractivity contribution >= 4 is 17.5 Å². The van der Waals surface area contributed by atoms with Crippen LogP contribution in [-0.2, 0) is 23.1 Å². The summed E-state index contributed by atoms with van der Waals surface area (Å²) in [6, 6.07) is 8.44. The molecule has 31 heavy (non-hydrogen) atoms. The molecular formula is C22H25N7O2. The molecule has 9 nitrogen and oxygen atoms in total. The van der Waals surface area contributed by atoms with Crippen molar-refractivity contribution in [2.45, 2.75) is 24.9 Å². The molecule has 2 aromatic heterocycles. The molecule has 1 amide bonds. The largest absolute Gasteiger partial charge is 0.378 e. The van der Waals surface area contributed by atoms with E-state index in [1.54, 1.807) is 17.1 Å². The van der Waals surface area contributed by atoms with E-state index in [4.69, 9.17) is 10.5 Å². The molecule has 1 saturated heterocycles. The van der Waals surface area contributed by atoms with Gasteiger partial charge in [0.15, 0.2) is 0 Å². The van der Waals surface area contributed by atoms with Crippen molar-refractivity contribution in [3.63, 3.8) is 0 Å². The van der Waals surface area contributed by atoms with Crippen LogP contribution in [0.5, 0.6) is 0 Å². The number of nitrogens with two attached hydrogens (primary N) is 1. The predicted molar refractivity (Wildman–Crippen MR) is 116 cm³/mol. The van der Waals surface area contributed by atoms with E-state index in [2.05, 4.69) is 31.3 Å². The van der Waals surface area contributed by atoms with Crippen molar-refractivity contribution in [1.29, 1.82) is 0 Å². The second kappa shape index (κ2) is 8.09. The number of nitrogens with zero attached hydrogens (tertiary/aromatic N) is 5. The number of fused-ring (bicyclic) bond motifs is 1. The van der Waals surface area contributed by atoms with Gasteiger partial charge in [0.05, 0.1) is 42.8 Å². The normalized spacial score (nSPS) is 19.3. The lowest BCUT2D eigenvalue weighted by molar-refractivity contribution is -0.119. The molecule has 0 saturated carbocycles. The van der Waals surface area contributed by atoms with Crippen molar-refractivity contribution in [3.05, 3.63) is 54.0 Å². The molecule has 0 radical (unpaired) electrons. The Hall–Kier alpha value is -3.30. The first-order chi connectivity index (χ1) is 15.1. The first-order valence-corrected chi connectivity index (χ1v) is 10.4. The quantitative estimate of drug-likeness (QED) is 0.649. The van der Waals surface area contributed by atoms with Crippen LogP contribution in [-0.4, -0.2) is 56.4 Å². The van der Waals surface area contributed by atoms with Crippen molar-refractivity contribution in [2.24, 2.45) is 12.8 Å². The Balaban J connectivity index is 1.46. The number of benzene rings is 1. The van der Waals surface area contributed by atoms with E-state index in [-0.39, 0.29) is 11.8 Å². The molecule has 1 aromatic carbocycles. The van der Waals surface area contributed by atoms with Crippen LogP contribution in [0.2, 0.25) is 0 Å². The van der Waals surface area contributed by atoms with E-state index in [9.17, 15) is 4.79 Å². The minimum absolute atomic E-state index is 0.272. The third-order valence-corrected chi connectivity index (χ3v) is 5.99. The van der Waals surface area contributed by atoms with Gasteiger partial charge in [0, 0.05) is 38.1 Å². The fraction of sp³-hybridized carbons (Fsp3) is 0.364. The molecule has 0 aliphatic carbocycles. The number of amides is 1. The zero-order chi connectivity index (χ0) is 21.4. The Bertz CT molecular complexity index is 1110. The van der Waals surface area contributed by atoms with Crippen LogP contribution in [0.25, 0.3) is 11.3 Å². The molecule has 1 unspecified atom stereocenters. The highest BCUT2D eigenvalue weighted by Crippen LogP contribution is 2.33. The zero-order valence-corrected chi connectivity index (χ0v) is 17.4. The number of nitrogens with one attached hydrogen (secondary N) is 1. The molecule has 3 aromatic rings. The summed E-state index contributed by atoms with van der Waals surface area (Å²) < 4.78 is 7.10. The summed E-state index contributed by atoms with van der Waals surface area (Å²) in [5, 5.41) is 7.33. The van der Waals surface area contributed by atoms with Gasteiger partial charge in [0.1, 0.15) is 0 Å². The van der Waals surface area contributed by atoms with E-state index in [0.29, 0.717) is 12.0 Å². The van der Waals surface area contributed by atoms with E-state index < -0.39 is 0 Å². The van der Waals surface area contributed by atoms with E-state index in [1.165, 1.54) is 0 Å². The molecule has 160 valence electrons. The van der Waals surface area contributed by atoms with Gasteiger partial charge >= 0.3 is 0 Å². The van der Waals surface area contributed by atoms with Crippen molar-refractivity contribution < 1.29 is 9.53 Å². The highest BCUT2D eigenvalue weighted by molar-refractivity contribution is 5.83. The van der Waals surface area contributed by atoms with E-state index in [1.807, 2.05) is 31.4 Å². The maximum absolute atomic E-state index is 12.1. The van der Waals surface area contributed by atoms with Crippen LogP contribution >= 0.6 is 0 Å². The third-order valence-electron chi connectivity index (χ3n) is 5.99. The summed E-state index contributed by atoms with van der Waals surface area (Å²) in [7, 11) is 1.86. The lowest BCUT2D eigenvalue weighted by Crippen LogP contribution is -2.48. The minimum Gasteiger partial charge on any atom is -0.378 e. The number of rotatable bonds is 5. The number of anilines is 2. The molecule has 2 aliphatic heterocycles. The van der Waals surface area contributed by atoms with Gasteiger partial charge in [-0.05, 0) is 29.7 Å². The lowest BCUT2D eigenvalue weighted by atomic mass is 9.90. The van der Waals surface area contributed by atoms with E-state index in [0.717, 1.165) is 60.8 Å². The number of hydrogen-bond donors (Lipinski definition) is 2. The molecule has 0 spiro atoms. The van der Waals surface area contributed by atoms with Crippen molar-refractivity contribution in [1.82, 2.24) is 24.6 Å². The third kappa shape index (κ3) is 4.01. The molecule has 1 fully saturated rings. The van der Waals surface area contributed by atoms with Gasteiger partial charge in [-0.25, -0.2) is 9.97 Å². The summed E-state index contributed by atoms with van der Waals surface area (Å²) in [6.45, 7) is 3.09. The predicted octanol–water partition coefficient (Wildman–Crippen LogP) is 1.79. The molecule has 9 heteroatoms. The smallest absolute Gasteiger partial charge is 0.227 e. The number of carbonyl (C=O) groups excluding carboxylic acids is 1. The van der Waals surface area contributed by atoms with Crippen LogP contribution < -0.4 is 11.1 Å². The molecule has 5 rings (SSSR count). The monoisotopic (exact) mass is 419 g/mol. The molecule has 1 atom stereocenters. The second-order valence-electron chi connectivity index (χ2n) is 8.11. The van der Waals surface area contributed by atoms with Crippen LogP contribution in [0, 0.1) is 0 Å². The topological polar surface area (TPSA) is 111 Å². The van der Waals surface area contributed by atoms with Crippen molar-refractivity contribution in [3.8, 4) is 11.3 Å². The highest BCUT2D eigenvalue weighted by Gasteiger charge is 2.32. The Morgan fingerprint density at radius 2 is 2.16 bits per heavy atom. The maximum Gasteiger partial charge on any atom is 0.227 e. The van der Waals surface area contributed by atoms with Crippen LogP contribution in [0.1, 0.15) is 23.5 Å². The molecule has 4 heterocycles. The summed E-state index contributed by atoms with van der Waals surface area (Å²) in [5.41, 5.74) is 10.5. The average Bonchev–Trinajstić information content (AvgIpc) is 3.02. The SMILES string of the molecule is Cn1cc(Nc2nccc(-c3ccc4c(c3)CN(C3COC3)CCC4C(N)=O)n2)cn1. The Morgan fingerprint density at radius 3 is 2.87 bits per heavy atom. The lowest BCUT2D eigenvalue weighted by Gasteiger charge is -2.36. The molecule has 3 N–H and O–H groups in total. The van der Waals surface area contributed by atoms with Gasteiger partial charge in [-0.2, -0.15) is 5.10 Å². The summed E-state index contributed by atoms with van der Waals surface area (Å²) in [5.74, 6) is -0.0438. The summed E-state index contributed by atoms with van der Waals surface area (Å²) in [4.78, 5) is 23.5. The zero-order valence-electron chi connectivity index (χ0n) is 17.4. The molecule has 2 aliphatic rings. The van der Waals surface area contributed by atoms with Crippen LogP contribution in [0.3, 0.4) is 0 Å². The summed E-state index contributed by atoms with van der Waals surface area (Å²) >= 11 is 0. The van der Waals surface area contributed by atoms with Crippen LogP contribution in [0.4, 0.5) is 11.6 Å². The van der Waals surface area contributed by atoms with Gasteiger partial charge in [0.25, 0.3) is 0 Å². The molecule has 0 bridgehead atoms. The van der Waals surface area contributed by atoms with Gasteiger partial charge in [-0.1, -0.05) is 12.1 Å². The average molecular weight is 419 g/mol. The molecular weight excluding hydrogens is 394 g/mol. The summed E-state index contributed by atoms with van der Waals surface area (Å²) in [6.07, 6.45) is 6.05. The maximum atomic E-state index is 12.1. The minimum atomic E-state index is -0.275. The second-order valence-corrected chi connectivity index (χ2v) is 8.11. The first kappa shape index (κ1) is 19.7. The Morgan fingerprint density at radius 1 is 1.29 bits per heavy atom. The Kier molecular flexibility index (Phi) is 5.13. The van der Waals surface area contributed by atoms with E-state index >= 15 is 0 Å². The number of carbonyl (C=O) groups is 1. The van der Waals surface area contributed by atoms with Gasteiger partial charge in [0.2, 0.25) is 11.9 Å². The number of hydrogen-bond acceptors (Lipinski definition) is 7. The Labute approximate surface area is 180 Å². The van der Waals surface area contributed by atoms with Gasteiger partial charge in [-0.3, -0.25) is 14.4 Å². The highest BCUT2D eigenvalue weighted by atomic mass is 16.5.